The van der Waals surface area contributed by atoms with Gasteiger partial charge in [-0.15, -0.1) is 0 Å². The molecule has 0 aliphatic carbocycles. The van der Waals surface area contributed by atoms with Gasteiger partial charge < -0.3 is 15.2 Å². The van der Waals surface area contributed by atoms with Gasteiger partial charge in [0.2, 0.25) is 5.91 Å². The SMILES string of the molecule is Cc1ccc(CN2CC[C@H](NC(=O)c3cc4ccc(C)cc4[nH]3)C2=O)cc1. The molecule has 27 heavy (non-hydrogen) atoms. The Bertz CT molecular complexity index is 1000. The molecule has 1 aromatic heterocycles. The summed E-state index contributed by atoms with van der Waals surface area (Å²) in [4.78, 5) is 30.2. The maximum atomic E-state index is 12.7. The predicted octanol–water partition coefficient (Wildman–Crippen LogP) is 3.32. The third kappa shape index (κ3) is 3.58. The number of hydrogen-bond acceptors (Lipinski definition) is 2. The average Bonchev–Trinajstić information content (AvgIpc) is 3.21. The lowest BCUT2D eigenvalue weighted by Crippen LogP contribution is -2.41. The zero-order chi connectivity index (χ0) is 19.0. The second-order valence-electron chi connectivity index (χ2n) is 7.33. The van der Waals surface area contributed by atoms with Gasteiger partial charge in [-0.1, -0.05) is 42.0 Å². The third-order valence-corrected chi connectivity index (χ3v) is 5.12. The molecule has 1 aliphatic heterocycles. The summed E-state index contributed by atoms with van der Waals surface area (Å²) in [5.41, 5.74) is 4.85. The monoisotopic (exact) mass is 361 g/mol. The normalized spacial score (nSPS) is 16.9. The lowest BCUT2D eigenvalue weighted by Gasteiger charge is -2.17. The summed E-state index contributed by atoms with van der Waals surface area (Å²) in [6.45, 7) is 5.29. The number of hydrogen-bond donors (Lipinski definition) is 2. The molecule has 2 aromatic carbocycles. The van der Waals surface area contributed by atoms with Crippen LogP contribution in [-0.4, -0.2) is 34.3 Å². The van der Waals surface area contributed by atoms with Gasteiger partial charge in [0.25, 0.3) is 5.91 Å². The van der Waals surface area contributed by atoms with E-state index in [4.69, 9.17) is 0 Å². The van der Waals surface area contributed by atoms with Crippen molar-refractivity contribution in [2.24, 2.45) is 0 Å². The van der Waals surface area contributed by atoms with Crippen molar-refractivity contribution in [2.75, 3.05) is 6.54 Å². The summed E-state index contributed by atoms with van der Waals surface area (Å²) in [6, 6.07) is 15.6. The molecule has 2 N–H and O–H groups in total. The molecule has 5 heteroatoms. The van der Waals surface area contributed by atoms with Gasteiger partial charge in [-0.25, -0.2) is 0 Å². The molecule has 1 fully saturated rings. The minimum Gasteiger partial charge on any atom is -0.351 e. The van der Waals surface area contributed by atoms with E-state index in [0.29, 0.717) is 25.2 Å². The van der Waals surface area contributed by atoms with Gasteiger partial charge in [-0.2, -0.15) is 0 Å². The highest BCUT2D eigenvalue weighted by atomic mass is 16.2. The molecular weight excluding hydrogens is 338 g/mol. The first-order valence-corrected chi connectivity index (χ1v) is 9.24. The number of H-pyrrole nitrogens is 1. The van der Waals surface area contributed by atoms with Crippen LogP contribution >= 0.6 is 0 Å². The second kappa shape index (κ2) is 6.91. The largest absolute Gasteiger partial charge is 0.351 e. The lowest BCUT2D eigenvalue weighted by molar-refractivity contribution is -0.129. The number of nitrogens with one attached hydrogen (secondary N) is 2. The predicted molar refractivity (Wildman–Crippen MR) is 106 cm³/mol. The number of carbonyl (C=O) groups excluding carboxylic acids is 2. The van der Waals surface area contributed by atoms with E-state index in [-0.39, 0.29) is 11.8 Å². The Morgan fingerprint density at radius 1 is 1.11 bits per heavy atom. The number of rotatable bonds is 4. The van der Waals surface area contributed by atoms with Crippen LogP contribution in [-0.2, 0) is 11.3 Å². The third-order valence-electron chi connectivity index (χ3n) is 5.12. The Balaban J connectivity index is 1.42. The van der Waals surface area contributed by atoms with Crippen molar-refractivity contribution in [1.29, 1.82) is 0 Å². The van der Waals surface area contributed by atoms with Crippen molar-refractivity contribution < 1.29 is 9.59 Å². The van der Waals surface area contributed by atoms with Crippen molar-refractivity contribution >= 4 is 22.7 Å². The molecule has 4 rings (SSSR count). The summed E-state index contributed by atoms with van der Waals surface area (Å²) in [5.74, 6) is -0.254. The molecule has 1 aliphatic rings. The van der Waals surface area contributed by atoms with Crippen LogP contribution in [0.1, 0.15) is 33.6 Å². The van der Waals surface area contributed by atoms with Gasteiger partial charge in [0.15, 0.2) is 0 Å². The van der Waals surface area contributed by atoms with E-state index >= 15 is 0 Å². The van der Waals surface area contributed by atoms with E-state index in [1.165, 1.54) is 5.56 Å². The highest BCUT2D eigenvalue weighted by molar-refractivity contribution is 6.00. The van der Waals surface area contributed by atoms with E-state index in [1.54, 1.807) is 0 Å². The number of aromatic amines is 1. The van der Waals surface area contributed by atoms with Crippen LogP contribution in [0.4, 0.5) is 0 Å². The molecule has 0 radical (unpaired) electrons. The minimum atomic E-state index is -0.462. The number of nitrogens with zero attached hydrogens (tertiary/aromatic N) is 1. The summed E-state index contributed by atoms with van der Waals surface area (Å²) in [5, 5.41) is 3.87. The smallest absolute Gasteiger partial charge is 0.268 e. The number of likely N-dealkylation sites (tertiary alicyclic amines) is 1. The fourth-order valence-electron chi connectivity index (χ4n) is 3.54. The highest BCUT2D eigenvalue weighted by Gasteiger charge is 2.33. The zero-order valence-electron chi connectivity index (χ0n) is 15.6. The van der Waals surface area contributed by atoms with Crippen molar-refractivity contribution in [3.8, 4) is 0 Å². The van der Waals surface area contributed by atoms with E-state index in [2.05, 4.69) is 10.3 Å². The van der Waals surface area contributed by atoms with Crippen LogP contribution in [0.5, 0.6) is 0 Å². The number of benzene rings is 2. The molecule has 0 unspecified atom stereocenters. The number of aromatic nitrogens is 1. The maximum Gasteiger partial charge on any atom is 0.268 e. The van der Waals surface area contributed by atoms with Crippen molar-refractivity contribution in [3.63, 3.8) is 0 Å². The summed E-state index contributed by atoms with van der Waals surface area (Å²) >= 11 is 0. The van der Waals surface area contributed by atoms with Gasteiger partial charge >= 0.3 is 0 Å². The molecule has 0 saturated carbocycles. The van der Waals surface area contributed by atoms with E-state index in [1.807, 2.05) is 67.3 Å². The molecule has 2 amide bonds. The van der Waals surface area contributed by atoms with Gasteiger partial charge in [0.1, 0.15) is 11.7 Å². The number of amides is 2. The second-order valence-corrected chi connectivity index (χ2v) is 7.33. The van der Waals surface area contributed by atoms with Crippen molar-refractivity contribution in [3.05, 3.63) is 70.9 Å². The molecule has 1 saturated heterocycles. The Labute approximate surface area is 158 Å². The van der Waals surface area contributed by atoms with E-state index in [0.717, 1.165) is 22.0 Å². The van der Waals surface area contributed by atoms with Crippen LogP contribution in [0.3, 0.4) is 0 Å². The quantitative estimate of drug-likeness (QED) is 0.749. The highest BCUT2D eigenvalue weighted by Crippen LogP contribution is 2.19. The fourth-order valence-corrected chi connectivity index (χ4v) is 3.54. The minimum absolute atomic E-state index is 0.0177. The molecule has 5 nitrogen and oxygen atoms in total. The summed E-state index contributed by atoms with van der Waals surface area (Å²) in [6.07, 6.45) is 0.635. The molecule has 2 heterocycles. The summed E-state index contributed by atoms with van der Waals surface area (Å²) < 4.78 is 0. The van der Waals surface area contributed by atoms with Crippen LogP contribution < -0.4 is 5.32 Å². The maximum absolute atomic E-state index is 12.7. The molecule has 0 bridgehead atoms. The zero-order valence-corrected chi connectivity index (χ0v) is 15.6. The molecule has 1 atom stereocenters. The van der Waals surface area contributed by atoms with Crippen molar-refractivity contribution in [1.82, 2.24) is 15.2 Å². The van der Waals surface area contributed by atoms with Gasteiger partial charge in [-0.3, -0.25) is 9.59 Å². The van der Waals surface area contributed by atoms with Crippen LogP contribution in [0.25, 0.3) is 10.9 Å². The number of fused-ring (bicyclic) bond motifs is 1. The molecule has 138 valence electrons. The Morgan fingerprint density at radius 3 is 2.63 bits per heavy atom. The first kappa shape index (κ1) is 17.3. The first-order chi connectivity index (χ1) is 13.0. The Morgan fingerprint density at radius 2 is 1.85 bits per heavy atom. The number of carbonyl (C=O) groups is 2. The lowest BCUT2D eigenvalue weighted by atomic mass is 10.1. The van der Waals surface area contributed by atoms with Crippen LogP contribution in [0.15, 0.2) is 48.5 Å². The standard InChI is InChI=1S/C22H23N3O2/c1-14-3-6-16(7-4-14)13-25-10-9-18(22(25)27)24-21(26)20-12-17-8-5-15(2)11-19(17)23-20/h3-8,11-12,18,23H,9-10,13H2,1-2H3,(H,24,26)/t18-/m0/s1. The van der Waals surface area contributed by atoms with Crippen LogP contribution in [0, 0.1) is 13.8 Å². The number of aryl methyl sites for hydroxylation is 2. The first-order valence-electron chi connectivity index (χ1n) is 9.24. The van der Waals surface area contributed by atoms with Gasteiger partial charge in [0.05, 0.1) is 0 Å². The van der Waals surface area contributed by atoms with E-state index in [9.17, 15) is 9.59 Å². The van der Waals surface area contributed by atoms with Gasteiger partial charge in [-0.05, 0) is 43.5 Å². The fraction of sp³-hybridized carbons (Fsp3) is 0.273. The molecule has 0 spiro atoms. The van der Waals surface area contributed by atoms with E-state index < -0.39 is 6.04 Å². The average molecular weight is 361 g/mol. The van der Waals surface area contributed by atoms with Gasteiger partial charge in [0, 0.05) is 24.0 Å². The van der Waals surface area contributed by atoms with Crippen LogP contribution in [0.2, 0.25) is 0 Å². The Hall–Kier alpha value is -3.08. The Kier molecular flexibility index (Phi) is 4.44. The molecular formula is C22H23N3O2. The summed E-state index contributed by atoms with van der Waals surface area (Å²) in [7, 11) is 0. The van der Waals surface area contributed by atoms with Crippen molar-refractivity contribution in [2.45, 2.75) is 32.9 Å². The molecule has 3 aromatic rings. The topological polar surface area (TPSA) is 65.2 Å².